The molecule has 0 N–H and O–H groups in total. The third kappa shape index (κ3) is 3.78. The van der Waals surface area contributed by atoms with Gasteiger partial charge in [-0.1, -0.05) is 78.0 Å². The molecule has 0 spiro atoms. The van der Waals surface area contributed by atoms with Crippen LogP contribution < -0.4 is 0 Å². The first-order chi connectivity index (χ1) is 13.3. The lowest BCUT2D eigenvalue weighted by atomic mass is 10.0. The van der Waals surface area contributed by atoms with Crippen LogP contribution in [0.4, 0.5) is 0 Å². The van der Waals surface area contributed by atoms with Crippen molar-refractivity contribution in [1.82, 2.24) is 15.0 Å². The van der Waals surface area contributed by atoms with Crippen molar-refractivity contribution < 1.29 is 0 Å². The Balaban J connectivity index is 1.72. The Labute approximate surface area is 158 Å². The summed E-state index contributed by atoms with van der Waals surface area (Å²) in [6.07, 6.45) is 0.758. The summed E-state index contributed by atoms with van der Waals surface area (Å²) in [6, 6.07) is 30.3. The number of hydrogen-bond acceptors (Lipinski definition) is 3. The molecule has 0 unspecified atom stereocenters. The molecule has 0 fully saturated rings. The molecule has 130 valence electrons. The molecule has 0 aliphatic heterocycles. The van der Waals surface area contributed by atoms with Crippen LogP contribution >= 0.6 is 0 Å². The van der Waals surface area contributed by atoms with Crippen LogP contribution in [0.25, 0.3) is 11.3 Å². The van der Waals surface area contributed by atoms with Gasteiger partial charge < -0.3 is 0 Å². The van der Waals surface area contributed by atoms with Gasteiger partial charge in [-0.3, -0.25) is 0 Å². The lowest BCUT2D eigenvalue weighted by Crippen LogP contribution is -2.07. The van der Waals surface area contributed by atoms with Gasteiger partial charge in [0.1, 0.15) is 5.69 Å². The summed E-state index contributed by atoms with van der Waals surface area (Å²) in [5.74, 6) is 0. The maximum atomic E-state index is 8.98. The molecular formula is C23H18N4. The molecule has 0 saturated carbocycles. The maximum Gasteiger partial charge on any atom is 0.116 e. The summed E-state index contributed by atoms with van der Waals surface area (Å²) in [5.41, 5.74) is 6.03. The van der Waals surface area contributed by atoms with Crippen LogP contribution in [-0.4, -0.2) is 15.0 Å². The van der Waals surface area contributed by atoms with Gasteiger partial charge in [-0.15, -0.1) is 5.10 Å². The Morgan fingerprint density at radius 1 is 0.778 bits per heavy atom. The highest BCUT2D eigenvalue weighted by Gasteiger charge is 2.15. The topological polar surface area (TPSA) is 54.5 Å². The van der Waals surface area contributed by atoms with E-state index in [0.29, 0.717) is 12.1 Å². The highest BCUT2D eigenvalue weighted by atomic mass is 15.4. The Hall–Kier alpha value is -3.71. The highest BCUT2D eigenvalue weighted by Crippen LogP contribution is 2.24. The molecule has 0 saturated heterocycles. The van der Waals surface area contributed by atoms with E-state index in [9.17, 15) is 0 Å². The normalized spacial score (nSPS) is 10.5. The van der Waals surface area contributed by atoms with Gasteiger partial charge in [0.2, 0.25) is 0 Å². The summed E-state index contributed by atoms with van der Waals surface area (Å²) in [4.78, 5) is 0. The van der Waals surface area contributed by atoms with Gasteiger partial charge in [0.05, 0.1) is 23.9 Å². The molecule has 0 bridgehead atoms. The first-order valence-corrected chi connectivity index (χ1v) is 8.84. The molecular weight excluding hydrogens is 332 g/mol. The maximum absolute atomic E-state index is 8.98. The molecule has 0 atom stereocenters. The highest BCUT2D eigenvalue weighted by molar-refractivity contribution is 5.61. The minimum absolute atomic E-state index is 0.619. The molecule has 27 heavy (non-hydrogen) atoms. The quantitative estimate of drug-likeness (QED) is 0.534. The van der Waals surface area contributed by atoms with Gasteiger partial charge in [0, 0.05) is 12.0 Å². The van der Waals surface area contributed by atoms with Crippen LogP contribution in [0.1, 0.15) is 22.4 Å². The number of nitriles is 1. The first-order valence-electron chi connectivity index (χ1n) is 8.84. The van der Waals surface area contributed by atoms with Crippen LogP contribution in [0.15, 0.2) is 84.9 Å². The van der Waals surface area contributed by atoms with Gasteiger partial charge in [0.25, 0.3) is 0 Å². The van der Waals surface area contributed by atoms with Crippen molar-refractivity contribution >= 4 is 0 Å². The summed E-state index contributed by atoms with van der Waals surface area (Å²) < 4.78 is 1.96. The van der Waals surface area contributed by atoms with Gasteiger partial charge in [-0.05, 0) is 23.3 Å². The lowest BCUT2D eigenvalue weighted by molar-refractivity contribution is 0.625. The zero-order chi connectivity index (χ0) is 18.5. The smallest absolute Gasteiger partial charge is 0.116 e. The number of hydrogen-bond donors (Lipinski definition) is 0. The number of nitrogens with zero attached hydrogens (tertiary/aromatic N) is 4. The van der Waals surface area contributed by atoms with Crippen molar-refractivity contribution in [3.63, 3.8) is 0 Å². The molecule has 0 amide bonds. The van der Waals surface area contributed by atoms with Crippen LogP contribution in [0.5, 0.6) is 0 Å². The van der Waals surface area contributed by atoms with E-state index in [0.717, 1.165) is 28.9 Å². The Morgan fingerprint density at radius 3 is 2.11 bits per heavy atom. The van der Waals surface area contributed by atoms with Crippen LogP contribution in [0, 0.1) is 11.3 Å². The lowest BCUT2D eigenvalue weighted by Gasteiger charge is -2.09. The minimum Gasteiger partial charge on any atom is -0.244 e. The van der Waals surface area contributed by atoms with Crippen molar-refractivity contribution in [2.24, 2.45) is 0 Å². The number of rotatable bonds is 5. The molecule has 4 rings (SSSR count). The Bertz CT molecular complexity index is 1060. The predicted octanol–water partition coefficient (Wildman–Crippen LogP) is 4.46. The van der Waals surface area contributed by atoms with Gasteiger partial charge >= 0.3 is 0 Å². The summed E-state index contributed by atoms with van der Waals surface area (Å²) >= 11 is 0. The van der Waals surface area contributed by atoms with E-state index in [1.807, 2.05) is 65.3 Å². The van der Waals surface area contributed by atoms with Gasteiger partial charge in [0.15, 0.2) is 0 Å². The summed E-state index contributed by atoms with van der Waals surface area (Å²) in [7, 11) is 0. The summed E-state index contributed by atoms with van der Waals surface area (Å²) in [6.45, 7) is 0.619. The SMILES string of the molecule is N#Cc1ccc(Cn2nnc(-c3ccccc3)c2Cc2ccccc2)cc1. The molecule has 3 aromatic carbocycles. The van der Waals surface area contributed by atoms with E-state index in [2.05, 4.69) is 40.6 Å². The second kappa shape index (κ2) is 7.67. The van der Waals surface area contributed by atoms with E-state index < -0.39 is 0 Å². The molecule has 0 aliphatic rings. The van der Waals surface area contributed by atoms with Crippen LogP contribution in [-0.2, 0) is 13.0 Å². The fourth-order valence-corrected chi connectivity index (χ4v) is 3.10. The van der Waals surface area contributed by atoms with E-state index in [1.54, 1.807) is 0 Å². The molecule has 1 aromatic heterocycles. The van der Waals surface area contributed by atoms with E-state index in [-0.39, 0.29) is 0 Å². The molecule has 4 heteroatoms. The minimum atomic E-state index is 0.619. The average Bonchev–Trinajstić information content (AvgIpc) is 3.12. The van der Waals surface area contributed by atoms with Crippen molar-refractivity contribution in [3.8, 4) is 17.3 Å². The number of benzene rings is 3. The van der Waals surface area contributed by atoms with Crippen molar-refractivity contribution in [2.45, 2.75) is 13.0 Å². The average molecular weight is 350 g/mol. The fourth-order valence-electron chi connectivity index (χ4n) is 3.10. The van der Waals surface area contributed by atoms with Gasteiger partial charge in [-0.25, -0.2) is 4.68 Å². The first kappa shape index (κ1) is 16.7. The van der Waals surface area contributed by atoms with Crippen LogP contribution in [0.2, 0.25) is 0 Å². The monoisotopic (exact) mass is 350 g/mol. The standard InChI is InChI=1S/C23H18N4/c24-16-19-11-13-20(14-12-19)17-27-22(15-18-7-3-1-4-8-18)23(25-26-27)21-9-5-2-6-10-21/h1-14H,15,17H2. The zero-order valence-electron chi connectivity index (χ0n) is 14.8. The second-order valence-electron chi connectivity index (χ2n) is 6.38. The third-order valence-corrected chi connectivity index (χ3v) is 4.51. The van der Waals surface area contributed by atoms with Crippen molar-refractivity contribution in [2.75, 3.05) is 0 Å². The van der Waals surface area contributed by atoms with Gasteiger partial charge in [-0.2, -0.15) is 5.26 Å². The third-order valence-electron chi connectivity index (χ3n) is 4.51. The van der Waals surface area contributed by atoms with Crippen molar-refractivity contribution in [3.05, 3.63) is 107 Å². The van der Waals surface area contributed by atoms with E-state index in [4.69, 9.17) is 5.26 Å². The van der Waals surface area contributed by atoms with E-state index in [1.165, 1.54) is 5.56 Å². The zero-order valence-corrected chi connectivity index (χ0v) is 14.8. The molecule has 4 nitrogen and oxygen atoms in total. The predicted molar refractivity (Wildman–Crippen MR) is 105 cm³/mol. The van der Waals surface area contributed by atoms with Crippen molar-refractivity contribution in [1.29, 1.82) is 5.26 Å². The molecule has 4 aromatic rings. The summed E-state index contributed by atoms with van der Waals surface area (Å²) in [5, 5.41) is 17.9. The largest absolute Gasteiger partial charge is 0.244 e. The molecule has 1 heterocycles. The molecule has 0 aliphatic carbocycles. The molecule has 0 radical (unpaired) electrons. The van der Waals surface area contributed by atoms with Crippen LogP contribution in [0.3, 0.4) is 0 Å². The fraction of sp³-hybridized carbons (Fsp3) is 0.0870. The number of aromatic nitrogens is 3. The van der Waals surface area contributed by atoms with E-state index >= 15 is 0 Å². The second-order valence-corrected chi connectivity index (χ2v) is 6.38. The Morgan fingerprint density at radius 2 is 1.44 bits per heavy atom. The Kier molecular flexibility index (Phi) is 4.76.